The summed E-state index contributed by atoms with van der Waals surface area (Å²) in [4.78, 5) is 31.8. The number of carbonyl (C=O) groups is 1. The normalized spacial score (nSPS) is 19.8. The van der Waals surface area contributed by atoms with E-state index in [0.717, 1.165) is 18.6 Å². The second kappa shape index (κ2) is 7.05. The predicted octanol–water partition coefficient (Wildman–Crippen LogP) is 1.90. The van der Waals surface area contributed by atoms with Crippen molar-refractivity contribution >= 4 is 5.91 Å². The summed E-state index contributed by atoms with van der Waals surface area (Å²) in [7, 11) is 1.60. The Balaban J connectivity index is 1.44. The van der Waals surface area contributed by atoms with Crippen molar-refractivity contribution in [1.29, 1.82) is 0 Å². The maximum Gasteiger partial charge on any atom is 0.280 e. The number of rotatable bonds is 3. The van der Waals surface area contributed by atoms with Crippen molar-refractivity contribution in [2.75, 3.05) is 20.2 Å². The molecule has 0 aliphatic carbocycles. The van der Waals surface area contributed by atoms with Crippen LogP contribution in [0.1, 0.15) is 29.0 Å². The highest BCUT2D eigenvalue weighted by Crippen LogP contribution is 2.41. The van der Waals surface area contributed by atoms with Crippen molar-refractivity contribution in [2.24, 2.45) is 0 Å². The van der Waals surface area contributed by atoms with Gasteiger partial charge in [0.25, 0.3) is 11.5 Å². The Bertz CT molecular complexity index is 1160. The number of benzene rings is 1. The number of likely N-dealkylation sites (tertiary alicyclic amines) is 1. The van der Waals surface area contributed by atoms with E-state index < -0.39 is 0 Å². The van der Waals surface area contributed by atoms with Crippen LogP contribution >= 0.6 is 0 Å². The molecule has 8 heteroatoms. The fourth-order valence-electron chi connectivity index (χ4n) is 4.50. The maximum absolute atomic E-state index is 13.1. The number of nitrogens with zero attached hydrogens (tertiary/aromatic N) is 5. The van der Waals surface area contributed by atoms with Crippen molar-refractivity contribution in [3.05, 3.63) is 70.5 Å². The summed E-state index contributed by atoms with van der Waals surface area (Å²) in [5.74, 6) is 1.39. The van der Waals surface area contributed by atoms with Gasteiger partial charge in [0, 0.05) is 43.2 Å². The number of pyridine rings is 1. The molecule has 2 aliphatic heterocycles. The molecule has 8 nitrogen and oxygen atoms in total. The average Bonchev–Trinajstić information content (AvgIpc) is 3.39. The molecule has 1 amide bonds. The monoisotopic (exact) mass is 403 g/mol. The molecule has 0 bridgehead atoms. The minimum Gasteiger partial charge on any atom is -0.497 e. The third kappa shape index (κ3) is 2.87. The van der Waals surface area contributed by atoms with Gasteiger partial charge in [-0.3, -0.25) is 19.1 Å². The average molecular weight is 403 g/mol. The highest BCUT2D eigenvalue weighted by atomic mass is 16.5. The number of carbonyl (C=O) groups excluding carboxylic acids is 1. The molecule has 0 N–H and O–H groups in total. The zero-order valence-electron chi connectivity index (χ0n) is 16.6. The summed E-state index contributed by atoms with van der Waals surface area (Å²) in [5.41, 5.74) is 1.22. The van der Waals surface area contributed by atoms with Gasteiger partial charge < -0.3 is 9.64 Å². The highest BCUT2D eigenvalue weighted by molar-refractivity contribution is 5.94. The smallest absolute Gasteiger partial charge is 0.280 e. The quantitative estimate of drug-likeness (QED) is 0.663. The minimum atomic E-state index is -0.312. The van der Waals surface area contributed by atoms with Crippen LogP contribution in [-0.2, 0) is 12.0 Å². The second-order valence-corrected chi connectivity index (χ2v) is 7.80. The van der Waals surface area contributed by atoms with Gasteiger partial charge in [0.2, 0.25) is 0 Å². The van der Waals surface area contributed by atoms with Crippen molar-refractivity contribution in [1.82, 2.24) is 24.6 Å². The van der Waals surface area contributed by atoms with E-state index in [2.05, 4.69) is 15.2 Å². The Labute approximate surface area is 173 Å². The molecule has 1 aromatic carbocycles. The summed E-state index contributed by atoms with van der Waals surface area (Å²) >= 11 is 0. The summed E-state index contributed by atoms with van der Waals surface area (Å²) < 4.78 is 6.91. The molecule has 1 atom stereocenters. The van der Waals surface area contributed by atoms with Gasteiger partial charge in [0.05, 0.1) is 12.5 Å². The first kappa shape index (κ1) is 18.5. The van der Waals surface area contributed by atoms with Crippen LogP contribution in [0.25, 0.3) is 11.3 Å². The zero-order valence-corrected chi connectivity index (χ0v) is 16.6. The minimum absolute atomic E-state index is 0.0158. The fourth-order valence-corrected chi connectivity index (χ4v) is 4.50. The van der Waals surface area contributed by atoms with E-state index in [1.165, 1.54) is 0 Å². The number of hydrogen-bond acceptors (Lipinski definition) is 6. The van der Waals surface area contributed by atoms with Crippen LogP contribution in [0, 0.1) is 0 Å². The molecule has 1 fully saturated rings. The molecule has 0 radical (unpaired) electrons. The van der Waals surface area contributed by atoms with Gasteiger partial charge in [-0.25, -0.2) is 0 Å². The number of methoxy groups -OCH3 is 1. The topological polar surface area (TPSA) is 90.2 Å². The van der Waals surface area contributed by atoms with E-state index in [-0.39, 0.29) is 16.9 Å². The van der Waals surface area contributed by atoms with Crippen LogP contribution in [0.3, 0.4) is 0 Å². The van der Waals surface area contributed by atoms with Gasteiger partial charge in [-0.05, 0) is 49.2 Å². The van der Waals surface area contributed by atoms with Crippen molar-refractivity contribution in [3.63, 3.8) is 0 Å². The summed E-state index contributed by atoms with van der Waals surface area (Å²) in [5, 5.41) is 8.76. The highest BCUT2D eigenvalue weighted by Gasteiger charge is 2.48. The number of fused-ring (bicyclic) bond motifs is 2. The van der Waals surface area contributed by atoms with E-state index in [1.54, 1.807) is 48.3 Å². The Morgan fingerprint density at radius 1 is 1.03 bits per heavy atom. The molecule has 2 aliphatic rings. The lowest BCUT2D eigenvalue weighted by Gasteiger charge is -2.23. The first-order chi connectivity index (χ1) is 14.6. The molecule has 1 saturated heterocycles. The van der Waals surface area contributed by atoms with E-state index in [4.69, 9.17) is 4.74 Å². The van der Waals surface area contributed by atoms with E-state index in [1.807, 2.05) is 17.0 Å². The van der Waals surface area contributed by atoms with E-state index in [0.29, 0.717) is 42.3 Å². The molecular formula is C22H21N5O3. The van der Waals surface area contributed by atoms with Crippen molar-refractivity contribution in [3.8, 4) is 17.0 Å². The van der Waals surface area contributed by atoms with Gasteiger partial charge in [-0.15, -0.1) is 10.2 Å². The summed E-state index contributed by atoms with van der Waals surface area (Å²) in [6.45, 7) is 1.77. The molecule has 152 valence electrons. The standard InChI is InChI=1S/C22H21N5O3/c1-30-17-4-2-15(3-5-17)18-20(29)27-13-9-22(21(27)25-24-18)8-12-26(14-22)19(28)16-6-10-23-11-7-16/h2-7,10-11H,8-9,12-14H2,1H3/t22-/m1/s1. The van der Waals surface area contributed by atoms with Crippen LogP contribution in [0.5, 0.6) is 5.75 Å². The van der Waals surface area contributed by atoms with Crippen LogP contribution in [0.15, 0.2) is 53.6 Å². The van der Waals surface area contributed by atoms with Gasteiger partial charge in [-0.1, -0.05) is 0 Å². The molecule has 0 saturated carbocycles. The third-order valence-electron chi connectivity index (χ3n) is 6.17. The number of ether oxygens (including phenoxy) is 1. The van der Waals surface area contributed by atoms with Gasteiger partial charge in [0.1, 0.15) is 11.6 Å². The van der Waals surface area contributed by atoms with E-state index in [9.17, 15) is 9.59 Å². The molecule has 30 heavy (non-hydrogen) atoms. The largest absolute Gasteiger partial charge is 0.497 e. The number of amides is 1. The van der Waals surface area contributed by atoms with Gasteiger partial charge >= 0.3 is 0 Å². The number of hydrogen-bond donors (Lipinski definition) is 0. The van der Waals surface area contributed by atoms with Gasteiger partial charge in [-0.2, -0.15) is 0 Å². The van der Waals surface area contributed by atoms with Crippen molar-refractivity contribution < 1.29 is 9.53 Å². The molecule has 1 spiro atoms. The fraction of sp³-hybridized carbons (Fsp3) is 0.318. The maximum atomic E-state index is 13.1. The van der Waals surface area contributed by atoms with Gasteiger partial charge in [0.15, 0.2) is 5.69 Å². The molecule has 5 rings (SSSR count). The molecular weight excluding hydrogens is 382 g/mol. The molecule has 2 aromatic heterocycles. The Morgan fingerprint density at radius 2 is 1.77 bits per heavy atom. The second-order valence-electron chi connectivity index (χ2n) is 7.80. The lowest BCUT2D eigenvalue weighted by molar-refractivity contribution is 0.0783. The molecule has 4 heterocycles. The van der Waals surface area contributed by atoms with Crippen LogP contribution in [0.4, 0.5) is 0 Å². The van der Waals surface area contributed by atoms with Crippen LogP contribution in [0.2, 0.25) is 0 Å². The lowest BCUT2D eigenvalue weighted by Crippen LogP contribution is -2.35. The number of aromatic nitrogens is 4. The summed E-state index contributed by atoms with van der Waals surface area (Å²) in [6, 6.07) is 10.7. The van der Waals surface area contributed by atoms with Crippen LogP contribution in [-0.4, -0.2) is 50.8 Å². The van der Waals surface area contributed by atoms with E-state index >= 15 is 0 Å². The summed E-state index contributed by atoms with van der Waals surface area (Å²) in [6.07, 6.45) is 4.80. The Kier molecular flexibility index (Phi) is 4.34. The first-order valence-corrected chi connectivity index (χ1v) is 9.93. The Hall–Kier alpha value is -3.55. The third-order valence-corrected chi connectivity index (χ3v) is 6.17. The lowest BCUT2D eigenvalue weighted by atomic mass is 9.85. The SMILES string of the molecule is COc1ccc(-c2nnc3n(c2=O)CC[C@@]32CCN(C(=O)c3ccncc3)C2)cc1. The zero-order chi connectivity index (χ0) is 20.7. The predicted molar refractivity (Wildman–Crippen MR) is 109 cm³/mol. The molecule has 3 aromatic rings. The molecule has 0 unspecified atom stereocenters. The van der Waals surface area contributed by atoms with Crippen LogP contribution < -0.4 is 10.3 Å². The Morgan fingerprint density at radius 3 is 2.50 bits per heavy atom. The first-order valence-electron chi connectivity index (χ1n) is 9.93. The van der Waals surface area contributed by atoms with Crippen molar-refractivity contribution in [2.45, 2.75) is 24.8 Å².